The molecule has 3 heteroatoms. The number of aliphatic carboxylic acids is 1. The van der Waals surface area contributed by atoms with Crippen molar-refractivity contribution in [2.75, 3.05) is 0 Å². The van der Waals surface area contributed by atoms with Crippen molar-refractivity contribution in [3.63, 3.8) is 0 Å². The number of alkyl halides is 1. The molecule has 0 heterocycles. The molecule has 1 aromatic carbocycles. The number of benzene rings is 1. The van der Waals surface area contributed by atoms with Gasteiger partial charge in [0.1, 0.15) is 0 Å². The second-order valence-electron chi connectivity index (χ2n) is 4.94. The summed E-state index contributed by atoms with van der Waals surface area (Å²) in [6, 6.07) is 7.82. The van der Waals surface area contributed by atoms with E-state index in [1.165, 1.54) is 5.56 Å². The third kappa shape index (κ3) is 3.53. The number of carboxylic acids is 1. The summed E-state index contributed by atoms with van der Waals surface area (Å²) in [5.74, 6) is -0.875. The van der Waals surface area contributed by atoms with Crippen LogP contribution in [0.15, 0.2) is 24.3 Å². The molecule has 0 saturated carbocycles. The highest BCUT2D eigenvalue weighted by molar-refractivity contribution is 6.21. The molecule has 1 N–H and O–H groups in total. The minimum absolute atomic E-state index is 0.0452. The van der Waals surface area contributed by atoms with Gasteiger partial charge in [0, 0.05) is 0 Å². The number of rotatable bonds is 3. The normalized spacial score (nSPS) is 13.5. The van der Waals surface area contributed by atoms with Gasteiger partial charge in [-0.05, 0) is 16.5 Å². The Kier molecular flexibility index (Phi) is 3.98. The first-order valence-electron chi connectivity index (χ1n) is 5.27. The topological polar surface area (TPSA) is 37.3 Å². The maximum atomic E-state index is 10.5. The van der Waals surface area contributed by atoms with Crippen LogP contribution in [-0.2, 0) is 10.2 Å². The lowest BCUT2D eigenvalue weighted by atomic mass is 9.86. The Morgan fingerprint density at radius 1 is 1.31 bits per heavy atom. The van der Waals surface area contributed by atoms with E-state index < -0.39 is 11.3 Å². The highest BCUT2D eigenvalue weighted by atomic mass is 35.5. The van der Waals surface area contributed by atoms with Crippen molar-refractivity contribution in [3.8, 4) is 0 Å². The maximum absolute atomic E-state index is 10.5. The van der Waals surface area contributed by atoms with Crippen molar-refractivity contribution in [2.24, 2.45) is 0 Å². The Hall–Kier alpha value is -1.02. The second-order valence-corrected chi connectivity index (χ2v) is 5.46. The predicted molar refractivity (Wildman–Crippen MR) is 66.0 cm³/mol. The summed E-state index contributed by atoms with van der Waals surface area (Å²) in [7, 11) is 0. The molecule has 0 saturated heterocycles. The molecule has 0 spiro atoms. The van der Waals surface area contributed by atoms with Crippen molar-refractivity contribution in [2.45, 2.75) is 38.0 Å². The van der Waals surface area contributed by atoms with E-state index in [2.05, 4.69) is 20.8 Å². The average Bonchev–Trinajstić information content (AvgIpc) is 2.15. The lowest BCUT2D eigenvalue weighted by molar-refractivity contribution is -0.137. The predicted octanol–water partition coefficient (Wildman–Crippen LogP) is 3.74. The fourth-order valence-corrected chi connectivity index (χ4v) is 1.74. The molecule has 16 heavy (non-hydrogen) atoms. The fraction of sp³-hybridized carbons (Fsp3) is 0.462. The third-order valence-corrected chi connectivity index (χ3v) is 2.90. The van der Waals surface area contributed by atoms with Crippen LogP contribution in [-0.4, -0.2) is 11.1 Å². The van der Waals surface area contributed by atoms with Crippen molar-refractivity contribution >= 4 is 17.6 Å². The molecule has 88 valence electrons. The Morgan fingerprint density at radius 3 is 2.19 bits per heavy atom. The zero-order valence-corrected chi connectivity index (χ0v) is 10.6. The Bertz CT molecular complexity index is 363. The number of carboxylic acid groups (broad SMARTS) is 1. The lowest BCUT2D eigenvalue weighted by Crippen LogP contribution is -2.11. The second kappa shape index (κ2) is 4.88. The van der Waals surface area contributed by atoms with Crippen LogP contribution in [0.25, 0.3) is 0 Å². The molecule has 1 atom stereocenters. The van der Waals surface area contributed by atoms with Crippen molar-refractivity contribution in [3.05, 3.63) is 35.4 Å². The molecule has 0 aliphatic rings. The minimum Gasteiger partial charge on any atom is -0.481 e. The molecule has 1 aromatic rings. The van der Waals surface area contributed by atoms with Crippen LogP contribution < -0.4 is 0 Å². The van der Waals surface area contributed by atoms with E-state index in [1.807, 2.05) is 24.3 Å². The summed E-state index contributed by atoms with van der Waals surface area (Å²) < 4.78 is 0. The monoisotopic (exact) mass is 240 g/mol. The zero-order valence-electron chi connectivity index (χ0n) is 9.83. The molecule has 0 amide bonds. The quantitative estimate of drug-likeness (QED) is 0.818. The minimum atomic E-state index is -0.875. The van der Waals surface area contributed by atoms with Gasteiger partial charge in [0.2, 0.25) is 0 Å². The molecule has 0 radical (unpaired) electrons. The fourth-order valence-electron chi connectivity index (χ4n) is 1.46. The summed E-state index contributed by atoms with van der Waals surface area (Å²) in [5, 5.41) is 8.19. The van der Waals surface area contributed by atoms with Crippen LogP contribution in [0.3, 0.4) is 0 Å². The van der Waals surface area contributed by atoms with E-state index in [1.54, 1.807) is 0 Å². The highest BCUT2D eigenvalue weighted by Crippen LogP contribution is 2.27. The molecule has 0 fully saturated rings. The molecule has 0 aliphatic carbocycles. The van der Waals surface area contributed by atoms with Crippen molar-refractivity contribution < 1.29 is 9.90 Å². The van der Waals surface area contributed by atoms with Gasteiger partial charge < -0.3 is 5.11 Å². The molecule has 1 rings (SSSR count). The zero-order chi connectivity index (χ0) is 12.3. The van der Waals surface area contributed by atoms with E-state index in [0.717, 1.165) is 5.56 Å². The average molecular weight is 241 g/mol. The molecule has 0 aromatic heterocycles. The van der Waals surface area contributed by atoms with Gasteiger partial charge >= 0.3 is 5.97 Å². The molecule has 1 unspecified atom stereocenters. The van der Waals surface area contributed by atoms with Crippen LogP contribution >= 0.6 is 11.6 Å². The van der Waals surface area contributed by atoms with Crippen molar-refractivity contribution in [1.82, 2.24) is 0 Å². The third-order valence-electron chi connectivity index (χ3n) is 2.49. The number of hydrogen-bond acceptors (Lipinski definition) is 1. The standard InChI is InChI=1S/C13H17ClO2/c1-13(2,3)10-6-4-9(5-7-10)11(14)8-12(15)16/h4-7,11H,8H2,1-3H3,(H,15,16). The first-order chi connectivity index (χ1) is 7.30. The SMILES string of the molecule is CC(C)(C)c1ccc(C(Cl)CC(=O)O)cc1. The summed E-state index contributed by atoms with van der Waals surface area (Å²) in [4.78, 5) is 10.5. The van der Waals surface area contributed by atoms with Gasteiger partial charge in [-0.2, -0.15) is 0 Å². The maximum Gasteiger partial charge on any atom is 0.305 e. The van der Waals surface area contributed by atoms with Gasteiger partial charge in [0.15, 0.2) is 0 Å². The summed E-state index contributed by atoms with van der Waals surface area (Å²) in [6.07, 6.45) is -0.0452. The molecular formula is C13H17ClO2. The van der Waals surface area contributed by atoms with E-state index in [4.69, 9.17) is 16.7 Å². The molecule has 0 bridgehead atoms. The van der Waals surface area contributed by atoms with Crippen LogP contribution in [0.1, 0.15) is 43.7 Å². The van der Waals surface area contributed by atoms with Gasteiger partial charge in [0.05, 0.1) is 11.8 Å². The molecular weight excluding hydrogens is 224 g/mol. The van der Waals surface area contributed by atoms with E-state index in [-0.39, 0.29) is 11.8 Å². The lowest BCUT2D eigenvalue weighted by Gasteiger charge is -2.19. The van der Waals surface area contributed by atoms with E-state index >= 15 is 0 Å². The number of halogens is 1. The summed E-state index contributed by atoms with van der Waals surface area (Å²) in [5.41, 5.74) is 2.18. The molecule has 0 aliphatic heterocycles. The van der Waals surface area contributed by atoms with Crippen LogP contribution in [0.4, 0.5) is 0 Å². The largest absolute Gasteiger partial charge is 0.481 e. The Balaban J connectivity index is 2.83. The van der Waals surface area contributed by atoms with E-state index in [9.17, 15) is 4.79 Å². The van der Waals surface area contributed by atoms with E-state index in [0.29, 0.717) is 0 Å². The highest BCUT2D eigenvalue weighted by Gasteiger charge is 2.16. The first kappa shape index (κ1) is 13.0. The summed E-state index contributed by atoms with van der Waals surface area (Å²) in [6.45, 7) is 6.41. The molecule has 2 nitrogen and oxygen atoms in total. The Morgan fingerprint density at radius 2 is 1.81 bits per heavy atom. The van der Waals surface area contributed by atoms with Gasteiger partial charge in [0.25, 0.3) is 0 Å². The van der Waals surface area contributed by atoms with Gasteiger partial charge in [-0.1, -0.05) is 45.0 Å². The van der Waals surface area contributed by atoms with Gasteiger partial charge in [-0.25, -0.2) is 0 Å². The smallest absolute Gasteiger partial charge is 0.305 e. The van der Waals surface area contributed by atoms with Gasteiger partial charge in [-0.15, -0.1) is 11.6 Å². The van der Waals surface area contributed by atoms with Gasteiger partial charge in [-0.3, -0.25) is 4.79 Å². The number of carbonyl (C=O) groups is 1. The van der Waals surface area contributed by atoms with Crippen LogP contribution in [0, 0.1) is 0 Å². The van der Waals surface area contributed by atoms with Crippen LogP contribution in [0.5, 0.6) is 0 Å². The first-order valence-corrected chi connectivity index (χ1v) is 5.70. The van der Waals surface area contributed by atoms with Crippen LogP contribution in [0.2, 0.25) is 0 Å². The van der Waals surface area contributed by atoms with Crippen molar-refractivity contribution in [1.29, 1.82) is 0 Å². The summed E-state index contributed by atoms with van der Waals surface area (Å²) >= 11 is 5.99. The Labute approximate surface area is 101 Å². The number of hydrogen-bond donors (Lipinski definition) is 1.